The Hall–Kier alpha value is -3.47. The van der Waals surface area contributed by atoms with E-state index in [1.54, 1.807) is 12.4 Å². The molecular formula is C24H23F6N3O2. The Labute approximate surface area is 198 Å². The van der Waals surface area contributed by atoms with E-state index in [0.717, 1.165) is 42.4 Å². The van der Waals surface area contributed by atoms with Gasteiger partial charge in [0.15, 0.2) is 12.4 Å². The van der Waals surface area contributed by atoms with Crippen molar-refractivity contribution in [1.29, 1.82) is 0 Å². The molecule has 188 valence electrons. The van der Waals surface area contributed by atoms with Crippen molar-refractivity contribution >= 4 is 12.0 Å². The van der Waals surface area contributed by atoms with Gasteiger partial charge in [-0.05, 0) is 55.7 Å². The lowest BCUT2D eigenvalue weighted by atomic mass is 10.1. The Bertz CT molecular complexity index is 1050. The van der Waals surface area contributed by atoms with Gasteiger partial charge < -0.3 is 10.1 Å². The first-order valence-electron chi connectivity index (χ1n) is 10.5. The van der Waals surface area contributed by atoms with Gasteiger partial charge in [0, 0.05) is 26.0 Å². The highest BCUT2D eigenvalue weighted by atomic mass is 19.4. The molecule has 35 heavy (non-hydrogen) atoms. The van der Waals surface area contributed by atoms with Crippen molar-refractivity contribution in [3.63, 3.8) is 0 Å². The molecular weight excluding hydrogens is 476 g/mol. The number of anilines is 1. The number of hydrogen-bond acceptors (Lipinski definition) is 5. The summed E-state index contributed by atoms with van der Waals surface area (Å²) in [5, 5.41) is 2.96. The molecule has 1 aliphatic heterocycles. The van der Waals surface area contributed by atoms with Crippen LogP contribution in [0, 0.1) is 17.5 Å². The standard InChI is InChI=1S/C12H6F3NO.C6H9F3O.C6H8N2/c13-8-2-1-3-9(14)11(8)12-10(15)5-4-7(6-17)16-12;7-6(8,9)5-3-1-2-4-10-5;1-7-6-3-2-4-8-5-6/h1-6H;5H,1-4H2;2-5,7H,1H3. The molecule has 1 saturated heterocycles. The molecule has 11 heteroatoms. The number of rotatable bonds is 3. The third kappa shape index (κ3) is 8.67. The lowest BCUT2D eigenvalue weighted by molar-refractivity contribution is -0.229. The molecule has 0 bridgehead atoms. The Morgan fingerprint density at radius 2 is 1.71 bits per heavy atom. The topological polar surface area (TPSA) is 64.1 Å². The van der Waals surface area contributed by atoms with Gasteiger partial charge in [-0.2, -0.15) is 13.2 Å². The van der Waals surface area contributed by atoms with Crippen molar-refractivity contribution in [2.45, 2.75) is 31.5 Å². The molecule has 0 aliphatic carbocycles. The van der Waals surface area contributed by atoms with Crippen LogP contribution in [-0.2, 0) is 4.74 Å². The predicted octanol–water partition coefficient (Wildman–Crippen LogP) is 6.22. The van der Waals surface area contributed by atoms with Crippen LogP contribution in [-0.4, -0.2) is 42.2 Å². The molecule has 1 aromatic carbocycles. The number of carbonyl (C=O) groups is 1. The minimum Gasteiger partial charge on any atom is -0.387 e. The summed E-state index contributed by atoms with van der Waals surface area (Å²) in [6.45, 7) is 0.254. The Balaban J connectivity index is 0.000000204. The van der Waals surface area contributed by atoms with Gasteiger partial charge in [0.05, 0.1) is 11.3 Å². The van der Waals surface area contributed by atoms with E-state index in [1.807, 2.05) is 19.2 Å². The SMILES string of the molecule is CNc1cccnc1.FC(F)(F)C1CCCCO1.O=Cc1ccc(F)c(-c2c(F)cccc2F)n1. The highest BCUT2D eigenvalue weighted by molar-refractivity contribution is 5.74. The molecule has 4 rings (SSSR count). The maximum atomic E-state index is 13.4. The van der Waals surface area contributed by atoms with E-state index in [2.05, 4.69) is 20.0 Å². The summed E-state index contributed by atoms with van der Waals surface area (Å²) in [5.74, 6) is -2.75. The fourth-order valence-electron chi connectivity index (χ4n) is 2.93. The molecule has 1 atom stereocenters. The maximum Gasteiger partial charge on any atom is 0.414 e. The quantitative estimate of drug-likeness (QED) is 0.343. The zero-order valence-corrected chi connectivity index (χ0v) is 18.7. The Kier molecular flexibility index (Phi) is 10.7. The summed E-state index contributed by atoms with van der Waals surface area (Å²) in [4.78, 5) is 18.0. The van der Waals surface area contributed by atoms with E-state index in [9.17, 15) is 31.1 Å². The van der Waals surface area contributed by atoms with Crippen LogP contribution in [0.4, 0.5) is 32.0 Å². The number of benzene rings is 1. The maximum absolute atomic E-state index is 13.4. The minimum absolute atomic E-state index is 0.0935. The van der Waals surface area contributed by atoms with Crippen molar-refractivity contribution in [2.75, 3.05) is 19.0 Å². The number of nitrogens with zero attached hydrogens (tertiary/aromatic N) is 2. The summed E-state index contributed by atoms with van der Waals surface area (Å²) >= 11 is 0. The number of alkyl halides is 3. The molecule has 2 aromatic heterocycles. The second-order valence-electron chi connectivity index (χ2n) is 7.17. The van der Waals surface area contributed by atoms with Crippen LogP contribution < -0.4 is 5.32 Å². The van der Waals surface area contributed by atoms with Gasteiger partial charge in [0.1, 0.15) is 28.8 Å². The van der Waals surface area contributed by atoms with Gasteiger partial charge in [-0.25, -0.2) is 18.2 Å². The first-order chi connectivity index (χ1) is 16.7. The van der Waals surface area contributed by atoms with Crippen LogP contribution >= 0.6 is 0 Å². The van der Waals surface area contributed by atoms with Crippen molar-refractivity contribution < 1.29 is 35.9 Å². The number of hydrogen-bond donors (Lipinski definition) is 1. The third-order valence-corrected chi connectivity index (χ3v) is 4.68. The van der Waals surface area contributed by atoms with E-state index in [4.69, 9.17) is 0 Å². The van der Waals surface area contributed by atoms with Crippen LogP contribution in [0.1, 0.15) is 29.8 Å². The minimum atomic E-state index is -4.15. The largest absolute Gasteiger partial charge is 0.414 e. The summed E-state index contributed by atoms with van der Waals surface area (Å²) in [6.07, 6.45) is -0.232. The van der Waals surface area contributed by atoms with E-state index >= 15 is 0 Å². The molecule has 0 saturated carbocycles. The lowest BCUT2D eigenvalue weighted by Crippen LogP contribution is -2.34. The number of aromatic nitrogens is 2. The van der Waals surface area contributed by atoms with E-state index in [-0.39, 0.29) is 18.7 Å². The zero-order chi connectivity index (χ0) is 25.8. The highest BCUT2D eigenvalue weighted by Crippen LogP contribution is 2.29. The first kappa shape index (κ1) is 27.8. The molecule has 5 nitrogen and oxygen atoms in total. The van der Waals surface area contributed by atoms with Crippen LogP contribution in [0.5, 0.6) is 0 Å². The molecule has 1 aliphatic rings. The summed E-state index contributed by atoms with van der Waals surface area (Å²) in [7, 11) is 1.87. The average Bonchev–Trinajstić information content (AvgIpc) is 2.86. The average molecular weight is 499 g/mol. The van der Waals surface area contributed by atoms with Gasteiger partial charge in [0.2, 0.25) is 0 Å². The predicted molar refractivity (Wildman–Crippen MR) is 118 cm³/mol. The molecule has 1 unspecified atom stereocenters. The number of carbonyl (C=O) groups excluding carboxylic acids is 1. The van der Waals surface area contributed by atoms with Gasteiger partial charge in [-0.15, -0.1) is 0 Å². The summed E-state index contributed by atoms with van der Waals surface area (Å²) < 4.78 is 80.2. The molecule has 0 amide bonds. The Morgan fingerprint density at radius 1 is 1.00 bits per heavy atom. The van der Waals surface area contributed by atoms with Gasteiger partial charge in [-0.1, -0.05) is 6.07 Å². The van der Waals surface area contributed by atoms with Gasteiger partial charge in [-0.3, -0.25) is 9.78 Å². The van der Waals surface area contributed by atoms with E-state index < -0.39 is 41.0 Å². The highest BCUT2D eigenvalue weighted by Gasteiger charge is 2.41. The smallest absolute Gasteiger partial charge is 0.387 e. The monoisotopic (exact) mass is 499 g/mol. The van der Waals surface area contributed by atoms with Crippen LogP contribution in [0.2, 0.25) is 0 Å². The number of pyridine rings is 2. The van der Waals surface area contributed by atoms with Crippen LogP contribution in [0.3, 0.4) is 0 Å². The second-order valence-corrected chi connectivity index (χ2v) is 7.17. The van der Waals surface area contributed by atoms with Crippen LogP contribution in [0.25, 0.3) is 11.3 Å². The zero-order valence-electron chi connectivity index (χ0n) is 18.7. The van der Waals surface area contributed by atoms with Crippen LogP contribution in [0.15, 0.2) is 54.9 Å². The summed E-state index contributed by atoms with van der Waals surface area (Å²) in [6, 6.07) is 9.08. The third-order valence-electron chi connectivity index (χ3n) is 4.68. The number of halogens is 6. The molecule has 3 heterocycles. The number of ether oxygens (including phenoxy) is 1. The Morgan fingerprint density at radius 3 is 2.17 bits per heavy atom. The number of nitrogens with one attached hydrogen (secondary N) is 1. The van der Waals surface area contributed by atoms with Crippen molar-refractivity contribution in [3.05, 3.63) is 78.0 Å². The molecule has 0 spiro atoms. The van der Waals surface area contributed by atoms with Crippen molar-refractivity contribution in [3.8, 4) is 11.3 Å². The second kappa shape index (κ2) is 13.4. The fraction of sp³-hybridized carbons (Fsp3) is 0.292. The molecule has 0 radical (unpaired) electrons. The molecule has 3 aromatic rings. The fourth-order valence-corrected chi connectivity index (χ4v) is 2.93. The van der Waals surface area contributed by atoms with E-state index in [1.165, 1.54) is 0 Å². The van der Waals surface area contributed by atoms with Gasteiger partial charge in [0.25, 0.3) is 0 Å². The lowest BCUT2D eigenvalue weighted by Gasteiger charge is -2.24. The van der Waals surface area contributed by atoms with Gasteiger partial charge >= 0.3 is 6.18 Å². The first-order valence-corrected chi connectivity index (χ1v) is 10.5. The summed E-state index contributed by atoms with van der Waals surface area (Å²) in [5.41, 5.74) is -0.129. The van der Waals surface area contributed by atoms with Crippen molar-refractivity contribution in [1.82, 2.24) is 9.97 Å². The van der Waals surface area contributed by atoms with E-state index in [0.29, 0.717) is 12.7 Å². The number of aldehydes is 1. The normalized spacial score (nSPS) is 15.1. The molecule has 1 fully saturated rings. The molecule has 1 N–H and O–H groups in total. The van der Waals surface area contributed by atoms with Crippen molar-refractivity contribution in [2.24, 2.45) is 0 Å².